The third-order valence-corrected chi connectivity index (χ3v) is 3.12. The van der Waals surface area contributed by atoms with E-state index >= 15 is 0 Å². The van der Waals surface area contributed by atoms with Crippen LogP contribution < -0.4 is 5.32 Å². The van der Waals surface area contributed by atoms with E-state index in [0.717, 1.165) is 5.56 Å². The molecule has 1 aromatic heterocycles. The molecule has 0 bridgehead atoms. The van der Waals surface area contributed by atoms with Crippen molar-refractivity contribution in [1.82, 2.24) is 10.3 Å². The molecule has 0 aliphatic rings. The molecule has 1 heterocycles. The Bertz CT molecular complexity index is 551. The number of oxazole rings is 1. The highest BCUT2D eigenvalue weighted by molar-refractivity contribution is 5.93. The third-order valence-electron chi connectivity index (χ3n) is 3.12. The van der Waals surface area contributed by atoms with Crippen LogP contribution in [0.25, 0.3) is 0 Å². The third kappa shape index (κ3) is 3.45. The molecule has 2 N–H and O–H groups in total. The highest BCUT2D eigenvalue weighted by Gasteiger charge is 2.19. The van der Waals surface area contributed by atoms with Crippen molar-refractivity contribution in [2.24, 2.45) is 0 Å². The van der Waals surface area contributed by atoms with Gasteiger partial charge in [-0.25, -0.2) is 4.98 Å². The highest BCUT2D eigenvalue weighted by atomic mass is 16.3. The lowest BCUT2D eigenvalue weighted by atomic mass is 10.0. The molecule has 1 aromatic carbocycles. The summed E-state index contributed by atoms with van der Waals surface area (Å²) in [6.07, 6.45) is 2.55. The SMILES string of the molecule is Cc1ocnc1C(=O)NC(CCCO)c1ccccc1. The van der Waals surface area contributed by atoms with E-state index in [4.69, 9.17) is 9.52 Å². The van der Waals surface area contributed by atoms with E-state index in [1.54, 1.807) is 6.92 Å². The van der Waals surface area contributed by atoms with Crippen molar-refractivity contribution in [3.05, 3.63) is 53.7 Å². The molecule has 1 unspecified atom stereocenters. The van der Waals surface area contributed by atoms with Crippen LogP contribution in [-0.2, 0) is 0 Å². The quantitative estimate of drug-likeness (QED) is 0.847. The summed E-state index contributed by atoms with van der Waals surface area (Å²) in [5.41, 5.74) is 1.31. The number of nitrogens with zero attached hydrogens (tertiary/aromatic N) is 1. The molecule has 0 saturated carbocycles. The van der Waals surface area contributed by atoms with Crippen molar-refractivity contribution >= 4 is 5.91 Å². The van der Waals surface area contributed by atoms with E-state index in [1.165, 1.54) is 6.39 Å². The molecular formula is C15H18N2O3. The van der Waals surface area contributed by atoms with Gasteiger partial charge in [0.2, 0.25) is 0 Å². The minimum Gasteiger partial charge on any atom is -0.448 e. The molecule has 2 rings (SSSR count). The highest BCUT2D eigenvalue weighted by Crippen LogP contribution is 2.19. The van der Waals surface area contributed by atoms with Crippen molar-refractivity contribution in [3.8, 4) is 0 Å². The van der Waals surface area contributed by atoms with Crippen LogP contribution in [0.1, 0.15) is 40.7 Å². The Hall–Kier alpha value is -2.14. The fourth-order valence-electron chi connectivity index (χ4n) is 2.05. The van der Waals surface area contributed by atoms with E-state index < -0.39 is 0 Å². The number of aryl methyl sites for hydroxylation is 1. The summed E-state index contributed by atoms with van der Waals surface area (Å²) in [7, 11) is 0. The van der Waals surface area contributed by atoms with Crippen molar-refractivity contribution in [2.75, 3.05) is 6.61 Å². The molecule has 0 aliphatic carbocycles. The first-order valence-corrected chi connectivity index (χ1v) is 6.59. The monoisotopic (exact) mass is 274 g/mol. The van der Waals surface area contributed by atoms with Gasteiger partial charge in [-0.3, -0.25) is 4.79 Å². The first-order chi connectivity index (χ1) is 9.72. The molecule has 1 atom stereocenters. The predicted octanol–water partition coefficient (Wildman–Crippen LogP) is 2.23. The lowest BCUT2D eigenvalue weighted by Crippen LogP contribution is -2.29. The second kappa shape index (κ2) is 6.86. The average Bonchev–Trinajstić information content (AvgIpc) is 2.90. The Labute approximate surface area is 117 Å². The van der Waals surface area contributed by atoms with Crippen LogP contribution in [-0.4, -0.2) is 22.6 Å². The largest absolute Gasteiger partial charge is 0.448 e. The molecule has 0 saturated heterocycles. The molecule has 0 fully saturated rings. The molecular weight excluding hydrogens is 256 g/mol. The van der Waals surface area contributed by atoms with Crippen LogP contribution >= 0.6 is 0 Å². The smallest absolute Gasteiger partial charge is 0.274 e. The molecule has 0 spiro atoms. The number of aliphatic hydroxyl groups excluding tert-OH is 1. The van der Waals surface area contributed by atoms with Gasteiger partial charge in [-0.1, -0.05) is 30.3 Å². The fourth-order valence-corrected chi connectivity index (χ4v) is 2.05. The summed E-state index contributed by atoms with van der Waals surface area (Å²) < 4.78 is 5.04. The maximum Gasteiger partial charge on any atom is 0.274 e. The number of amides is 1. The Morgan fingerprint density at radius 1 is 1.40 bits per heavy atom. The number of carbonyl (C=O) groups is 1. The zero-order valence-corrected chi connectivity index (χ0v) is 11.4. The molecule has 20 heavy (non-hydrogen) atoms. The van der Waals surface area contributed by atoms with Crippen LogP contribution in [0.4, 0.5) is 0 Å². The van der Waals surface area contributed by atoms with E-state index in [-0.39, 0.29) is 18.6 Å². The zero-order chi connectivity index (χ0) is 14.4. The second-order valence-corrected chi connectivity index (χ2v) is 4.56. The predicted molar refractivity (Wildman–Crippen MR) is 74.2 cm³/mol. The summed E-state index contributed by atoms with van der Waals surface area (Å²) in [5, 5.41) is 11.9. The van der Waals surface area contributed by atoms with Gasteiger partial charge in [0.05, 0.1) is 6.04 Å². The van der Waals surface area contributed by atoms with Crippen molar-refractivity contribution in [3.63, 3.8) is 0 Å². The Balaban J connectivity index is 2.12. The zero-order valence-electron chi connectivity index (χ0n) is 11.4. The lowest BCUT2D eigenvalue weighted by molar-refractivity contribution is 0.0926. The number of carbonyl (C=O) groups excluding carboxylic acids is 1. The number of hydrogen-bond acceptors (Lipinski definition) is 4. The van der Waals surface area contributed by atoms with Gasteiger partial charge < -0.3 is 14.8 Å². The van der Waals surface area contributed by atoms with E-state index in [2.05, 4.69) is 10.3 Å². The van der Waals surface area contributed by atoms with Gasteiger partial charge in [-0.2, -0.15) is 0 Å². The number of aliphatic hydroxyl groups is 1. The summed E-state index contributed by atoms with van der Waals surface area (Å²) in [6, 6.07) is 9.54. The van der Waals surface area contributed by atoms with Crippen LogP contribution in [0.5, 0.6) is 0 Å². The van der Waals surface area contributed by atoms with Gasteiger partial charge in [0.1, 0.15) is 5.76 Å². The van der Waals surface area contributed by atoms with Crippen LogP contribution in [0.15, 0.2) is 41.1 Å². The maximum atomic E-state index is 12.2. The maximum absolute atomic E-state index is 12.2. The van der Waals surface area contributed by atoms with E-state index in [9.17, 15) is 4.79 Å². The van der Waals surface area contributed by atoms with Gasteiger partial charge in [0.25, 0.3) is 5.91 Å². The number of benzene rings is 1. The minimum absolute atomic E-state index is 0.0994. The number of aromatic nitrogens is 1. The van der Waals surface area contributed by atoms with E-state index in [1.807, 2.05) is 30.3 Å². The lowest BCUT2D eigenvalue weighted by Gasteiger charge is -2.18. The average molecular weight is 274 g/mol. The van der Waals surface area contributed by atoms with Gasteiger partial charge in [-0.15, -0.1) is 0 Å². The molecule has 5 heteroatoms. The topological polar surface area (TPSA) is 75.4 Å². The Morgan fingerprint density at radius 3 is 2.75 bits per heavy atom. The molecule has 0 radical (unpaired) electrons. The fraction of sp³-hybridized carbons (Fsp3) is 0.333. The summed E-state index contributed by atoms with van der Waals surface area (Å²) in [4.78, 5) is 16.1. The first kappa shape index (κ1) is 14.3. The first-order valence-electron chi connectivity index (χ1n) is 6.59. The van der Waals surface area contributed by atoms with Crippen LogP contribution in [0, 0.1) is 6.92 Å². The minimum atomic E-state index is -0.261. The summed E-state index contributed by atoms with van der Waals surface area (Å²) >= 11 is 0. The van der Waals surface area contributed by atoms with Crippen molar-refractivity contribution in [1.29, 1.82) is 0 Å². The van der Waals surface area contributed by atoms with Crippen LogP contribution in [0.2, 0.25) is 0 Å². The molecule has 106 valence electrons. The van der Waals surface area contributed by atoms with Gasteiger partial charge >= 0.3 is 0 Å². The summed E-state index contributed by atoms with van der Waals surface area (Å²) in [5.74, 6) is 0.236. The standard InChI is InChI=1S/C15H18N2O3/c1-11-14(16-10-20-11)15(19)17-13(8-5-9-18)12-6-3-2-4-7-12/h2-4,6-7,10,13,18H,5,8-9H2,1H3,(H,17,19). The van der Waals surface area contributed by atoms with Crippen molar-refractivity contribution < 1.29 is 14.3 Å². The number of rotatable bonds is 6. The molecule has 5 nitrogen and oxygen atoms in total. The van der Waals surface area contributed by atoms with E-state index in [0.29, 0.717) is 24.3 Å². The second-order valence-electron chi connectivity index (χ2n) is 4.56. The number of hydrogen-bond donors (Lipinski definition) is 2. The van der Waals surface area contributed by atoms with Crippen LogP contribution in [0.3, 0.4) is 0 Å². The number of nitrogens with one attached hydrogen (secondary N) is 1. The Kier molecular flexibility index (Phi) is 4.90. The van der Waals surface area contributed by atoms with Gasteiger partial charge in [0, 0.05) is 6.61 Å². The Morgan fingerprint density at radius 2 is 2.15 bits per heavy atom. The molecule has 0 aliphatic heterocycles. The van der Waals surface area contributed by atoms with Gasteiger partial charge in [-0.05, 0) is 25.3 Å². The molecule has 1 amide bonds. The van der Waals surface area contributed by atoms with Gasteiger partial charge in [0.15, 0.2) is 12.1 Å². The van der Waals surface area contributed by atoms with Crippen molar-refractivity contribution in [2.45, 2.75) is 25.8 Å². The molecule has 2 aromatic rings. The normalized spacial score (nSPS) is 12.1. The summed E-state index contributed by atoms with van der Waals surface area (Å²) in [6.45, 7) is 1.80.